The van der Waals surface area contributed by atoms with Gasteiger partial charge in [-0.25, -0.2) is 9.07 Å². The van der Waals surface area contributed by atoms with E-state index in [1.54, 1.807) is 23.9 Å². The van der Waals surface area contributed by atoms with Gasteiger partial charge in [-0.05, 0) is 56.1 Å². The third-order valence-electron chi connectivity index (χ3n) is 6.81. The fourth-order valence-electron chi connectivity index (χ4n) is 4.75. The summed E-state index contributed by atoms with van der Waals surface area (Å²) in [5, 5.41) is 7.65. The average molecular weight is 574 g/mol. The summed E-state index contributed by atoms with van der Waals surface area (Å²) in [6, 6.07) is 23.5. The Morgan fingerprint density at radius 3 is 2.44 bits per heavy atom. The maximum absolute atomic E-state index is 13.9. The molecule has 8 nitrogen and oxygen atoms in total. The Bertz CT molecular complexity index is 1510. The third kappa shape index (κ3) is 6.28. The molecule has 0 spiro atoms. The SMILES string of the molecule is COc1ccc(-n2nc(-c3ccccc3)c3c2N(CC(=O)NCCN(C)C)C(=O)CS[C@@H]3c2ccc(F)cc2)cc1. The Hall–Kier alpha value is -4.15. The Kier molecular flexibility index (Phi) is 8.70. The Balaban J connectivity index is 1.71. The molecule has 1 atom stereocenters. The second-order valence-electron chi connectivity index (χ2n) is 9.94. The van der Waals surface area contributed by atoms with E-state index in [2.05, 4.69) is 5.32 Å². The lowest BCUT2D eigenvalue weighted by molar-refractivity contribution is -0.122. The van der Waals surface area contributed by atoms with Gasteiger partial charge in [0.25, 0.3) is 0 Å². The molecule has 0 aliphatic carbocycles. The summed E-state index contributed by atoms with van der Waals surface area (Å²) < 4.78 is 21.0. The molecule has 1 aliphatic rings. The van der Waals surface area contributed by atoms with Gasteiger partial charge < -0.3 is 15.0 Å². The molecule has 41 heavy (non-hydrogen) atoms. The largest absolute Gasteiger partial charge is 0.497 e. The van der Waals surface area contributed by atoms with E-state index in [9.17, 15) is 14.0 Å². The van der Waals surface area contributed by atoms with E-state index in [-0.39, 0.29) is 35.2 Å². The second-order valence-corrected chi connectivity index (χ2v) is 11.0. The number of methoxy groups -OCH3 is 1. The number of carbonyl (C=O) groups is 2. The molecule has 1 aromatic heterocycles. The number of nitrogens with one attached hydrogen (secondary N) is 1. The van der Waals surface area contributed by atoms with Crippen LogP contribution in [0.25, 0.3) is 16.9 Å². The van der Waals surface area contributed by atoms with Crippen LogP contribution in [0.1, 0.15) is 16.4 Å². The van der Waals surface area contributed by atoms with Crippen molar-refractivity contribution < 1.29 is 18.7 Å². The summed E-state index contributed by atoms with van der Waals surface area (Å²) in [6.07, 6.45) is 0. The van der Waals surface area contributed by atoms with Gasteiger partial charge in [-0.3, -0.25) is 14.5 Å². The van der Waals surface area contributed by atoms with E-state index in [1.165, 1.54) is 28.8 Å². The summed E-state index contributed by atoms with van der Waals surface area (Å²) in [5.74, 6) is 0.526. The van der Waals surface area contributed by atoms with E-state index >= 15 is 0 Å². The quantitative estimate of drug-likeness (QED) is 0.317. The van der Waals surface area contributed by atoms with Crippen molar-refractivity contribution in [2.24, 2.45) is 0 Å². The first-order valence-electron chi connectivity index (χ1n) is 13.3. The maximum Gasteiger partial charge on any atom is 0.240 e. The van der Waals surface area contributed by atoms with Gasteiger partial charge in [-0.15, -0.1) is 11.8 Å². The molecule has 0 bridgehead atoms. The number of hydrogen-bond acceptors (Lipinski definition) is 6. The first kappa shape index (κ1) is 28.4. The maximum atomic E-state index is 13.9. The van der Waals surface area contributed by atoms with Gasteiger partial charge in [0.2, 0.25) is 11.8 Å². The summed E-state index contributed by atoms with van der Waals surface area (Å²) in [6.45, 7) is 0.974. The van der Waals surface area contributed by atoms with Crippen LogP contribution in [-0.4, -0.2) is 73.1 Å². The normalized spacial score (nSPS) is 15.0. The zero-order valence-corrected chi connectivity index (χ0v) is 24.0. The van der Waals surface area contributed by atoms with Gasteiger partial charge in [0.15, 0.2) is 0 Å². The number of halogens is 1. The zero-order chi connectivity index (χ0) is 28.9. The van der Waals surface area contributed by atoms with Crippen LogP contribution in [0.5, 0.6) is 5.75 Å². The van der Waals surface area contributed by atoms with Gasteiger partial charge in [0.05, 0.1) is 29.5 Å². The number of fused-ring (bicyclic) bond motifs is 1. The minimum absolute atomic E-state index is 0.137. The zero-order valence-electron chi connectivity index (χ0n) is 23.2. The second kappa shape index (κ2) is 12.6. The smallest absolute Gasteiger partial charge is 0.240 e. The highest BCUT2D eigenvalue weighted by Crippen LogP contribution is 2.48. The van der Waals surface area contributed by atoms with Gasteiger partial charge >= 0.3 is 0 Å². The minimum atomic E-state index is -0.336. The molecule has 1 aliphatic heterocycles. The van der Waals surface area contributed by atoms with Crippen molar-refractivity contribution in [3.05, 3.63) is 95.8 Å². The fourth-order valence-corrected chi connectivity index (χ4v) is 5.95. The Morgan fingerprint density at radius 2 is 1.78 bits per heavy atom. The molecule has 2 amide bonds. The van der Waals surface area contributed by atoms with E-state index in [1.807, 2.05) is 73.6 Å². The highest BCUT2D eigenvalue weighted by Gasteiger charge is 2.37. The first-order chi connectivity index (χ1) is 19.9. The van der Waals surface area contributed by atoms with Gasteiger partial charge in [0.1, 0.15) is 23.9 Å². The lowest BCUT2D eigenvalue weighted by Gasteiger charge is -2.23. The average Bonchev–Trinajstić information content (AvgIpc) is 3.30. The van der Waals surface area contributed by atoms with Crippen molar-refractivity contribution >= 4 is 29.4 Å². The summed E-state index contributed by atoms with van der Waals surface area (Å²) in [5.41, 5.74) is 3.89. The van der Waals surface area contributed by atoms with E-state index in [0.717, 1.165) is 16.7 Å². The van der Waals surface area contributed by atoms with Crippen molar-refractivity contribution in [1.82, 2.24) is 20.0 Å². The molecule has 4 aromatic rings. The number of hydrogen-bond donors (Lipinski definition) is 1. The van der Waals surface area contributed by atoms with Gasteiger partial charge in [-0.2, -0.15) is 5.10 Å². The number of rotatable bonds is 9. The number of ether oxygens (including phenoxy) is 1. The molecule has 0 unspecified atom stereocenters. The monoisotopic (exact) mass is 573 g/mol. The van der Waals surface area contributed by atoms with Crippen LogP contribution in [0.15, 0.2) is 78.9 Å². The van der Waals surface area contributed by atoms with Crippen LogP contribution in [0.3, 0.4) is 0 Å². The molecule has 10 heteroatoms. The van der Waals surface area contributed by atoms with Crippen LogP contribution in [0, 0.1) is 5.82 Å². The highest BCUT2D eigenvalue weighted by atomic mass is 32.2. The molecule has 0 saturated carbocycles. The van der Waals surface area contributed by atoms with Gasteiger partial charge in [0, 0.05) is 24.2 Å². The van der Waals surface area contributed by atoms with Crippen molar-refractivity contribution in [3.8, 4) is 22.7 Å². The number of carbonyl (C=O) groups excluding carboxylic acids is 2. The standard InChI is InChI=1S/C31H32FN5O3S/c1-35(2)18-17-33-26(38)19-36-27(39)20-41-30(22-9-11-23(32)12-10-22)28-29(21-7-5-4-6-8-21)34-37(31(28)36)24-13-15-25(40-3)16-14-24/h4-16,30H,17-20H2,1-3H3,(H,33,38)/t30-/m1/s1. The molecule has 0 fully saturated rings. The van der Waals surface area contributed by atoms with Crippen LogP contribution in [0.4, 0.5) is 10.2 Å². The molecule has 0 radical (unpaired) electrons. The van der Waals surface area contributed by atoms with Crippen LogP contribution >= 0.6 is 11.8 Å². The number of anilines is 1. The van der Waals surface area contributed by atoms with Crippen LogP contribution in [-0.2, 0) is 9.59 Å². The molecule has 212 valence electrons. The van der Waals surface area contributed by atoms with Crippen molar-refractivity contribution in [3.63, 3.8) is 0 Å². The Morgan fingerprint density at radius 1 is 1.07 bits per heavy atom. The highest BCUT2D eigenvalue weighted by molar-refractivity contribution is 8.00. The van der Waals surface area contributed by atoms with Gasteiger partial charge in [-0.1, -0.05) is 42.5 Å². The molecule has 2 heterocycles. The number of likely N-dealkylation sites (N-methyl/N-ethyl adjacent to an activating group) is 1. The van der Waals surface area contributed by atoms with Crippen LogP contribution in [0.2, 0.25) is 0 Å². The number of aromatic nitrogens is 2. The molecule has 5 rings (SSSR count). The lowest BCUT2D eigenvalue weighted by Crippen LogP contribution is -2.43. The topological polar surface area (TPSA) is 79.7 Å². The molecular weight excluding hydrogens is 541 g/mol. The molecule has 3 aromatic carbocycles. The lowest BCUT2D eigenvalue weighted by atomic mass is 9.99. The summed E-state index contributed by atoms with van der Waals surface area (Å²) in [4.78, 5) is 30.4. The fraction of sp³-hybridized carbons (Fsp3) is 0.258. The molecule has 1 N–H and O–H groups in total. The molecule has 0 saturated heterocycles. The number of benzene rings is 3. The number of amides is 2. The van der Waals surface area contributed by atoms with Crippen molar-refractivity contribution in [2.45, 2.75) is 5.25 Å². The van der Waals surface area contributed by atoms with Crippen molar-refractivity contribution in [1.29, 1.82) is 0 Å². The predicted molar refractivity (Wildman–Crippen MR) is 160 cm³/mol. The van der Waals surface area contributed by atoms with E-state index < -0.39 is 0 Å². The number of nitrogens with zero attached hydrogens (tertiary/aromatic N) is 4. The minimum Gasteiger partial charge on any atom is -0.497 e. The van der Waals surface area contributed by atoms with Crippen molar-refractivity contribution in [2.75, 3.05) is 51.5 Å². The summed E-state index contributed by atoms with van der Waals surface area (Å²) in [7, 11) is 5.46. The van der Waals surface area contributed by atoms with E-state index in [0.29, 0.717) is 36.0 Å². The first-order valence-corrected chi connectivity index (χ1v) is 14.3. The van der Waals surface area contributed by atoms with E-state index in [4.69, 9.17) is 9.84 Å². The predicted octanol–water partition coefficient (Wildman–Crippen LogP) is 4.53. The van der Waals surface area contributed by atoms with Crippen LogP contribution < -0.4 is 15.0 Å². The third-order valence-corrected chi connectivity index (χ3v) is 8.06. The number of thioether (sulfide) groups is 1. The Labute approximate surface area is 243 Å². The molecular formula is C31H32FN5O3S. The summed E-state index contributed by atoms with van der Waals surface area (Å²) >= 11 is 1.44.